The van der Waals surface area contributed by atoms with Gasteiger partial charge < -0.3 is 40.3 Å². The van der Waals surface area contributed by atoms with E-state index in [1.54, 1.807) is 6.08 Å². The van der Waals surface area contributed by atoms with E-state index in [1.165, 1.54) is 0 Å². The number of allylic oxidation sites excluding steroid dienone is 11. The number of carbonyl (C=O) groups excluding carboxylic acids is 1. The maximum atomic E-state index is 12.7. The highest BCUT2D eigenvalue weighted by molar-refractivity contribution is 5.76. The van der Waals surface area contributed by atoms with Gasteiger partial charge in [-0.15, -0.1) is 0 Å². The Morgan fingerprint density at radius 3 is 2.02 bits per heavy atom. The Labute approximate surface area is 264 Å². The van der Waals surface area contributed by atoms with Gasteiger partial charge >= 0.3 is 0 Å². The number of hydrogen-bond donors (Lipinski definition) is 6. The molecule has 0 aromatic heterocycles. The van der Waals surface area contributed by atoms with Crippen molar-refractivity contribution in [3.05, 3.63) is 72.9 Å². The summed E-state index contributed by atoms with van der Waals surface area (Å²) in [4.78, 5) is 12.7. The molecule has 9 nitrogen and oxygen atoms in total. The molecule has 1 rings (SSSR count). The van der Waals surface area contributed by atoms with E-state index in [-0.39, 0.29) is 18.9 Å². The van der Waals surface area contributed by atoms with Crippen molar-refractivity contribution in [1.29, 1.82) is 0 Å². The maximum Gasteiger partial charge on any atom is 0.220 e. The predicted molar refractivity (Wildman–Crippen MR) is 175 cm³/mol. The van der Waals surface area contributed by atoms with Crippen LogP contribution in [0.3, 0.4) is 0 Å². The monoisotopic (exact) mass is 619 g/mol. The first kappa shape index (κ1) is 39.7. The van der Waals surface area contributed by atoms with Crippen molar-refractivity contribution < 1.29 is 39.8 Å². The number of hydrogen-bond acceptors (Lipinski definition) is 8. The van der Waals surface area contributed by atoms with E-state index in [2.05, 4.69) is 67.8 Å². The van der Waals surface area contributed by atoms with Crippen LogP contribution in [0.5, 0.6) is 0 Å². The summed E-state index contributed by atoms with van der Waals surface area (Å²) in [6.07, 6.45) is 25.5. The lowest BCUT2D eigenvalue weighted by Crippen LogP contribution is -2.60. The molecular weight excluding hydrogens is 562 g/mol. The van der Waals surface area contributed by atoms with Gasteiger partial charge in [-0.3, -0.25) is 4.79 Å². The van der Waals surface area contributed by atoms with Gasteiger partial charge in [0.15, 0.2) is 6.29 Å². The SMILES string of the molecule is CC/C=C\C/C=C\C/C=C\C/C=C\CCC(=O)NC(COC1OC(CO)C(O)C(O)C1O)C(O)/C=C/CC/C=C/CCCC. The summed E-state index contributed by atoms with van der Waals surface area (Å²) in [6.45, 7) is 3.45. The normalized spacial score (nSPS) is 24.6. The Bertz CT molecular complexity index is 910. The van der Waals surface area contributed by atoms with Gasteiger partial charge in [0, 0.05) is 6.42 Å². The van der Waals surface area contributed by atoms with E-state index in [0.717, 1.165) is 57.8 Å². The van der Waals surface area contributed by atoms with Crippen LogP contribution in [-0.4, -0.2) is 87.5 Å². The quantitative estimate of drug-likeness (QED) is 0.0732. The van der Waals surface area contributed by atoms with Gasteiger partial charge in [0.05, 0.1) is 25.4 Å². The average Bonchev–Trinajstić information content (AvgIpc) is 3.02. The predicted octanol–water partition coefficient (Wildman–Crippen LogP) is 4.32. The van der Waals surface area contributed by atoms with Crippen LogP contribution in [0.4, 0.5) is 0 Å². The first-order chi connectivity index (χ1) is 21.3. The summed E-state index contributed by atoms with van der Waals surface area (Å²) in [5.74, 6) is -0.277. The van der Waals surface area contributed by atoms with Crippen molar-refractivity contribution in [3.63, 3.8) is 0 Å². The van der Waals surface area contributed by atoms with Crippen LogP contribution in [0.25, 0.3) is 0 Å². The highest BCUT2D eigenvalue weighted by atomic mass is 16.7. The van der Waals surface area contributed by atoms with Crippen molar-refractivity contribution in [3.8, 4) is 0 Å². The Morgan fingerprint density at radius 1 is 0.795 bits per heavy atom. The fraction of sp³-hybridized carbons (Fsp3) is 0.629. The van der Waals surface area contributed by atoms with E-state index in [0.29, 0.717) is 6.42 Å². The second-order valence-corrected chi connectivity index (χ2v) is 10.9. The molecule has 0 aliphatic carbocycles. The van der Waals surface area contributed by atoms with Crippen LogP contribution in [0, 0.1) is 0 Å². The molecule has 1 heterocycles. The van der Waals surface area contributed by atoms with Crippen LogP contribution in [-0.2, 0) is 14.3 Å². The highest BCUT2D eigenvalue weighted by Gasteiger charge is 2.44. The van der Waals surface area contributed by atoms with Crippen molar-refractivity contribution in [2.45, 2.75) is 127 Å². The molecule has 1 aliphatic rings. The number of rotatable bonds is 23. The zero-order chi connectivity index (χ0) is 32.4. The molecule has 1 saturated heterocycles. The minimum absolute atomic E-state index is 0.212. The molecule has 250 valence electrons. The number of nitrogens with one attached hydrogen (secondary N) is 1. The summed E-state index contributed by atoms with van der Waals surface area (Å²) in [5, 5.41) is 53.4. The maximum absolute atomic E-state index is 12.7. The molecule has 0 aromatic rings. The van der Waals surface area contributed by atoms with Gasteiger partial charge in [-0.1, -0.05) is 99.6 Å². The van der Waals surface area contributed by atoms with Gasteiger partial charge in [0.2, 0.25) is 5.91 Å². The molecule has 1 amide bonds. The summed E-state index contributed by atoms with van der Waals surface area (Å²) in [5.41, 5.74) is 0. The van der Waals surface area contributed by atoms with Crippen molar-refractivity contribution in [1.82, 2.24) is 5.32 Å². The number of aliphatic hydroxyl groups excluding tert-OH is 5. The molecule has 44 heavy (non-hydrogen) atoms. The number of unbranched alkanes of at least 4 members (excludes halogenated alkanes) is 3. The van der Waals surface area contributed by atoms with Crippen LogP contribution >= 0.6 is 0 Å². The molecule has 0 spiro atoms. The van der Waals surface area contributed by atoms with Crippen molar-refractivity contribution >= 4 is 5.91 Å². The minimum atomic E-state index is -1.58. The summed E-state index contributed by atoms with van der Waals surface area (Å²) in [6, 6.07) is -0.858. The zero-order valence-corrected chi connectivity index (χ0v) is 26.6. The lowest BCUT2D eigenvalue weighted by Gasteiger charge is -2.40. The molecule has 0 aromatic carbocycles. The smallest absolute Gasteiger partial charge is 0.220 e. The molecule has 0 saturated carbocycles. The summed E-state index contributed by atoms with van der Waals surface area (Å²) < 4.78 is 11.0. The molecule has 7 unspecified atom stereocenters. The first-order valence-corrected chi connectivity index (χ1v) is 16.2. The van der Waals surface area contributed by atoms with Crippen LogP contribution < -0.4 is 5.32 Å². The van der Waals surface area contributed by atoms with Gasteiger partial charge in [0.1, 0.15) is 24.4 Å². The van der Waals surface area contributed by atoms with E-state index in [1.807, 2.05) is 18.2 Å². The Morgan fingerprint density at radius 2 is 1.39 bits per heavy atom. The van der Waals surface area contributed by atoms with Gasteiger partial charge in [-0.25, -0.2) is 0 Å². The fourth-order valence-electron chi connectivity index (χ4n) is 4.34. The molecule has 1 fully saturated rings. The molecular formula is C35H57NO8. The van der Waals surface area contributed by atoms with E-state index in [4.69, 9.17) is 9.47 Å². The average molecular weight is 620 g/mol. The highest BCUT2D eigenvalue weighted by Crippen LogP contribution is 2.22. The number of ether oxygens (including phenoxy) is 2. The molecule has 0 radical (unpaired) electrons. The Kier molecular flexibility index (Phi) is 23.3. The second kappa shape index (κ2) is 25.9. The number of carbonyl (C=O) groups is 1. The van der Waals surface area contributed by atoms with E-state index < -0.39 is 49.5 Å². The van der Waals surface area contributed by atoms with Crippen LogP contribution in [0.1, 0.15) is 84.5 Å². The van der Waals surface area contributed by atoms with Crippen molar-refractivity contribution in [2.75, 3.05) is 13.2 Å². The van der Waals surface area contributed by atoms with E-state index >= 15 is 0 Å². The summed E-state index contributed by atoms with van der Waals surface area (Å²) >= 11 is 0. The molecule has 1 aliphatic heterocycles. The number of aliphatic hydroxyl groups is 5. The van der Waals surface area contributed by atoms with Crippen LogP contribution in [0.2, 0.25) is 0 Å². The third kappa shape index (κ3) is 17.8. The summed E-state index contributed by atoms with van der Waals surface area (Å²) in [7, 11) is 0. The van der Waals surface area contributed by atoms with Crippen LogP contribution in [0.15, 0.2) is 72.9 Å². The lowest BCUT2D eigenvalue weighted by atomic mass is 9.99. The Hall–Kier alpha value is -2.37. The van der Waals surface area contributed by atoms with E-state index in [9.17, 15) is 30.3 Å². The molecule has 6 N–H and O–H groups in total. The van der Waals surface area contributed by atoms with Gasteiger partial charge in [-0.2, -0.15) is 0 Å². The zero-order valence-electron chi connectivity index (χ0n) is 26.6. The third-order valence-electron chi connectivity index (χ3n) is 7.03. The number of amides is 1. The minimum Gasteiger partial charge on any atom is -0.394 e. The van der Waals surface area contributed by atoms with Gasteiger partial charge in [-0.05, 0) is 51.4 Å². The lowest BCUT2D eigenvalue weighted by molar-refractivity contribution is -0.302. The molecule has 7 atom stereocenters. The molecule has 9 heteroatoms. The largest absolute Gasteiger partial charge is 0.394 e. The van der Waals surface area contributed by atoms with Gasteiger partial charge in [0.25, 0.3) is 0 Å². The Balaban J connectivity index is 2.62. The second-order valence-electron chi connectivity index (χ2n) is 10.9. The van der Waals surface area contributed by atoms with Crippen molar-refractivity contribution in [2.24, 2.45) is 0 Å². The fourth-order valence-corrected chi connectivity index (χ4v) is 4.34. The standard InChI is InChI=1S/C35H57NO8/c1-3-5-7-9-11-13-14-15-16-17-19-21-23-25-31(39)36-28(29(38)24-22-20-18-12-10-8-6-4-2)27-43-35-34(42)33(41)32(40)30(26-37)44-35/h5,7,10-13,15-16,19,21-22,24,28-30,32-35,37-38,40-42H,3-4,6,8-9,14,17-18,20,23,25-27H2,1-2H3,(H,36,39)/b7-5-,12-10+,13-11-,16-15-,21-19-,24-22+. The topological polar surface area (TPSA) is 149 Å². The molecule has 0 bridgehead atoms. The first-order valence-electron chi connectivity index (χ1n) is 16.2. The third-order valence-corrected chi connectivity index (χ3v) is 7.03.